The Morgan fingerprint density at radius 3 is 2.61 bits per heavy atom. The fourth-order valence-electron chi connectivity index (χ4n) is 3.59. The van der Waals surface area contributed by atoms with Crippen molar-refractivity contribution >= 4 is 34.7 Å². The number of nitrogens with one attached hydrogen (secondary N) is 2. The molecule has 2 aromatic carbocycles. The van der Waals surface area contributed by atoms with Gasteiger partial charge in [0.25, 0.3) is 11.8 Å². The van der Waals surface area contributed by atoms with Gasteiger partial charge in [-0.1, -0.05) is 36.4 Å². The molecule has 6 nitrogen and oxygen atoms in total. The second-order valence-electron chi connectivity index (χ2n) is 7.43. The molecule has 0 spiro atoms. The molecule has 7 heteroatoms. The first-order valence-electron chi connectivity index (χ1n) is 10.2. The van der Waals surface area contributed by atoms with Gasteiger partial charge in [-0.2, -0.15) is 11.3 Å². The molecule has 0 radical (unpaired) electrons. The third-order valence-corrected chi connectivity index (χ3v) is 5.88. The van der Waals surface area contributed by atoms with Crippen molar-refractivity contribution in [3.05, 3.63) is 87.6 Å². The summed E-state index contributed by atoms with van der Waals surface area (Å²) < 4.78 is 0. The molecule has 0 atom stereocenters. The van der Waals surface area contributed by atoms with Crippen LogP contribution in [0.4, 0.5) is 5.69 Å². The van der Waals surface area contributed by atoms with E-state index in [9.17, 15) is 14.4 Å². The van der Waals surface area contributed by atoms with Crippen molar-refractivity contribution in [1.29, 1.82) is 0 Å². The van der Waals surface area contributed by atoms with E-state index in [0.717, 1.165) is 24.1 Å². The number of likely N-dealkylation sites (tertiary alicyclic amines) is 1. The number of hydrogen-bond acceptors (Lipinski definition) is 4. The molecule has 3 amide bonds. The van der Waals surface area contributed by atoms with E-state index in [4.69, 9.17) is 0 Å². The Balaban J connectivity index is 1.39. The molecular formula is C24H23N3O3S. The number of benzene rings is 2. The van der Waals surface area contributed by atoms with Gasteiger partial charge in [0.15, 0.2) is 0 Å². The first-order valence-corrected chi connectivity index (χ1v) is 11.1. The second kappa shape index (κ2) is 9.57. The van der Waals surface area contributed by atoms with Gasteiger partial charge in [0, 0.05) is 31.4 Å². The molecule has 31 heavy (non-hydrogen) atoms. The Hall–Kier alpha value is -3.45. The monoisotopic (exact) mass is 433 g/mol. The van der Waals surface area contributed by atoms with Crippen LogP contribution in [-0.2, 0) is 17.9 Å². The number of nitrogens with zero attached hydrogens (tertiary/aromatic N) is 1. The van der Waals surface area contributed by atoms with Crippen molar-refractivity contribution in [2.45, 2.75) is 25.9 Å². The third kappa shape index (κ3) is 5.19. The standard InChI is InChI=1S/C24H23N3O3S/c28-22-9-4-11-27(22)15-18-6-3-5-17(13-18)14-25-24(30)20-7-1-2-8-21(20)26-23(29)19-10-12-31-16-19/h1-3,5-8,10,12-13,16H,4,9,11,14-15H2,(H,25,30)(H,26,29). The number of carbonyl (C=O) groups excluding carboxylic acids is 3. The van der Waals surface area contributed by atoms with Crippen LogP contribution >= 0.6 is 11.3 Å². The summed E-state index contributed by atoms with van der Waals surface area (Å²) in [6.45, 7) is 1.75. The Kier molecular flexibility index (Phi) is 6.43. The number of rotatable bonds is 7. The second-order valence-corrected chi connectivity index (χ2v) is 8.21. The third-order valence-electron chi connectivity index (χ3n) is 5.19. The molecule has 0 aliphatic carbocycles. The van der Waals surface area contributed by atoms with E-state index in [2.05, 4.69) is 10.6 Å². The summed E-state index contributed by atoms with van der Waals surface area (Å²) in [5, 5.41) is 9.34. The summed E-state index contributed by atoms with van der Waals surface area (Å²) in [5.74, 6) is -0.313. The lowest BCUT2D eigenvalue weighted by atomic mass is 10.1. The molecule has 0 saturated carbocycles. The van der Waals surface area contributed by atoms with Crippen molar-refractivity contribution < 1.29 is 14.4 Å². The number of carbonyl (C=O) groups is 3. The summed E-state index contributed by atoms with van der Waals surface area (Å²) in [4.78, 5) is 38.9. The Labute approximate surface area is 184 Å². The lowest BCUT2D eigenvalue weighted by Crippen LogP contribution is -2.25. The quantitative estimate of drug-likeness (QED) is 0.590. The van der Waals surface area contributed by atoms with E-state index in [1.165, 1.54) is 11.3 Å². The fourth-order valence-corrected chi connectivity index (χ4v) is 4.22. The van der Waals surface area contributed by atoms with Crippen LogP contribution in [0.25, 0.3) is 0 Å². The van der Waals surface area contributed by atoms with Crippen molar-refractivity contribution in [2.75, 3.05) is 11.9 Å². The van der Waals surface area contributed by atoms with E-state index < -0.39 is 0 Å². The summed E-state index contributed by atoms with van der Waals surface area (Å²) in [6.07, 6.45) is 1.54. The first-order chi connectivity index (χ1) is 15.1. The predicted molar refractivity (Wildman–Crippen MR) is 121 cm³/mol. The molecule has 3 aromatic rings. The molecule has 0 bridgehead atoms. The smallest absolute Gasteiger partial charge is 0.256 e. The Morgan fingerprint density at radius 1 is 1.00 bits per heavy atom. The van der Waals surface area contributed by atoms with E-state index in [0.29, 0.717) is 36.3 Å². The molecule has 1 saturated heterocycles. The van der Waals surface area contributed by atoms with Gasteiger partial charge in [0.1, 0.15) is 0 Å². The van der Waals surface area contributed by atoms with Crippen molar-refractivity contribution in [2.24, 2.45) is 0 Å². The van der Waals surface area contributed by atoms with Gasteiger partial charge in [0.05, 0.1) is 16.8 Å². The van der Waals surface area contributed by atoms with Crippen LogP contribution in [0.15, 0.2) is 65.4 Å². The van der Waals surface area contributed by atoms with Gasteiger partial charge in [0.2, 0.25) is 5.91 Å². The summed E-state index contributed by atoms with van der Waals surface area (Å²) >= 11 is 1.44. The summed E-state index contributed by atoms with van der Waals surface area (Å²) in [7, 11) is 0. The minimum atomic E-state index is -0.263. The zero-order valence-corrected chi connectivity index (χ0v) is 17.8. The highest BCUT2D eigenvalue weighted by Crippen LogP contribution is 2.18. The number of para-hydroxylation sites is 1. The molecule has 1 fully saturated rings. The molecule has 2 N–H and O–H groups in total. The highest BCUT2D eigenvalue weighted by Gasteiger charge is 2.20. The first kappa shape index (κ1) is 20.8. The minimum Gasteiger partial charge on any atom is -0.348 e. The Morgan fingerprint density at radius 2 is 1.84 bits per heavy atom. The molecule has 2 heterocycles. The molecule has 1 aliphatic rings. The summed E-state index contributed by atoms with van der Waals surface area (Å²) in [6, 6.07) is 16.6. The average molecular weight is 434 g/mol. The number of hydrogen-bond donors (Lipinski definition) is 2. The minimum absolute atomic E-state index is 0.194. The van der Waals surface area contributed by atoms with Crippen molar-refractivity contribution in [3.63, 3.8) is 0 Å². The summed E-state index contributed by atoms with van der Waals surface area (Å²) in [5.41, 5.74) is 3.44. The van der Waals surface area contributed by atoms with Gasteiger partial charge in [-0.25, -0.2) is 0 Å². The average Bonchev–Trinajstić information content (AvgIpc) is 3.45. The van der Waals surface area contributed by atoms with E-state index >= 15 is 0 Å². The highest BCUT2D eigenvalue weighted by atomic mass is 32.1. The van der Waals surface area contributed by atoms with Crippen LogP contribution in [0.3, 0.4) is 0 Å². The van der Waals surface area contributed by atoms with Crippen molar-refractivity contribution in [1.82, 2.24) is 10.2 Å². The molecule has 158 valence electrons. The van der Waals surface area contributed by atoms with Gasteiger partial charge in [-0.15, -0.1) is 0 Å². The largest absolute Gasteiger partial charge is 0.348 e. The Bertz CT molecular complexity index is 1090. The van der Waals surface area contributed by atoms with Crippen LogP contribution in [0, 0.1) is 0 Å². The zero-order chi connectivity index (χ0) is 21.6. The van der Waals surface area contributed by atoms with Gasteiger partial charge < -0.3 is 15.5 Å². The number of anilines is 1. The lowest BCUT2D eigenvalue weighted by molar-refractivity contribution is -0.128. The SMILES string of the molecule is O=C(Nc1ccccc1C(=O)NCc1cccc(CN2CCCC2=O)c1)c1ccsc1. The van der Waals surface area contributed by atoms with E-state index in [1.807, 2.05) is 34.5 Å². The van der Waals surface area contributed by atoms with Gasteiger partial charge in [-0.3, -0.25) is 14.4 Å². The number of amides is 3. The van der Waals surface area contributed by atoms with Crippen molar-refractivity contribution in [3.8, 4) is 0 Å². The zero-order valence-electron chi connectivity index (χ0n) is 17.0. The molecule has 0 unspecified atom stereocenters. The van der Waals surface area contributed by atoms with E-state index in [-0.39, 0.29) is 17.7 Å². The maximum Gasteiger partial charge on any atom is 0.256 e. The molecule has 1 aromatic heterocycles. The van der Waals surface area contributed by atoms with Gasteiger partial charge in [-0.05, 0) is 41.1 Å². The van der Waals surface area contributed by atoms with E-state index in [1.54, 1.807) is 35.7 Å². The van der Waals surface area contributed by atoms with Crippen LogP contribution in [-0.4, -0.2) is 29.2 Å². The number of thiophene rings is 1. The normalized spacial score (nSPS) is 13.3. The maximum absolute atomic E-state index is 12.8. The lowest BCUT2D eigenvalue weighted by Gasteiger charge is -2.16. The van der Waals surface area contributed by atoms with Crippen LogP contribution in [0.5, 0.6) is 0 Å². The van der Waals surface area contributed by atoms with Gasteiger partial charge >= 0.3 is 0 Å². The molecule has 1 aliphatic heterocycles. The fraction of sp³-hybridized carbons (Fsp3) is 0.208. The maximum atomic E-state index is 12.8. The molecular weight excluding hydrogens is 410 g/mol. The highest BCUT2D eigenvalue weighted by molar-refractivity contribution is 7.08. The molecule has 4 rings (SSSR count). The van der Waals surface area contributed by atoms with Crippen LogP contribution in [0.1, 0.15) is 44.7 Å². The topological polar surface area (TPSA) is 78.5 Å². The predicted octanol–water partition coefficient (Wildman–Crippen LogP) is 4.05. The van der Waals surface area contributed by atoms with Crippen LogP contribution in [0.2, 0.25) is 0 Å². The van der Waals surface area contributed by atoms with Crippen LogP contribution < -0.4 is 10.6 Å².